The lowest BCUT2D eigenvalue weighted by atomic mass is 10.3. The smallest absolute Gasteiger partial charge is 0.153 e. The molecule has 2 rings (SSSR count). The summed E-state index contributed by atoms with van der Waals surface area (Å²) < 4.78 is 0. The first-order valence-corrected chi connectivity index (χ1v) is 6.13. The molecule has 0 saturated carbocycles. The second-order valence-corrected chi connectivity index (χ2v) is 4.18. The molecule has 0 fully saturated rings. The molecular weight excluding hydrogens is 218 g/mol. The van der Waals surface area contributed by atoms with Crippen molar-refractivity contribution in [3.05, 3.63) is 42.6 Å². The fraction of sp³-hybridized carbons (Fsp3) is 0.0833. The molecule has 0 aliphatic rings. The minimum Gasteiger partial charge on any atom is -0.396 e. The van der Waals surface area contributed by atoms with E-state index in [9.17, 15) is 0 Å². The molecular formula is C12H13N3S. The molecule has 1 aromatic heterocycles. The topological polar surface area (TPSA) is 50.9 Å². The molecule has 1 heterocycles. The molecule has 0 bridgehead atoms. The van der Waals surface area contributed by atoms with Crippen LogP contribution < -0.4 is 11.1 Å². The monoisotopic (exact) mass is 231 g/mol. The first kappa shape index (κ1) is 10.8. The Labute approximate surface area is 99.1 Å². The third-order valence-electron chi connectivity index (χ3n) is 2.17. The molecule has 3 N–H and O–H groups in total. The highest BCUT2D eigenvalue weighted by molar-refractivity contribution is 7.98. The summed E-state index contributed by atoms with van der Waals surface area (Å²) in [6, 6.07) is 11.8. The second kappa shape index (κ2) is 4.90. The Kier molecular flexibility index (Phi) is 3.31. The number of benzene rings is 1. The van der Waals surface area contributed by atoms with Crippen molar-refractivity contribution in [1.29, 1.82) is 0 Å². The third-order valence-corrected chi connectivity index (χ3v) is 2.90. The zero-order valence-corrected chi connectivity index (χ0v) is 9.79. The van der Waals surface area contributed by atoms with Crippen LogP contribution in [0.5, 0.6) is 0 Å². The van der Waals surface area contributed by atoms with Gasteiger partial charge < -0.3 is 11.1 Å². The van der Waals surface area contributed by atoms with E-state index in [0.29, 0.717) is 11.5 Å². The van der Waals surface area contributed by atoms with Crippen LogP contribution in [0.15, 0.2) is 47.5 Å². The summed E-state index contributed by atoms with van der Waals surface area (Å²) in [5, 5.41) is 3.20. The lowest BCUT2D eigenvalue weighted by Crippen LogP contribution is -1.98. The number of nitrogens with two attached hydrogens (primary N) is 1. The Hall–Kier alpha value is -1.68. The van der Waals surface area contributed by atoms with Gasteiger partial charge in [-0.1, -0.05) is 6.07 Å². The number of hydrogen-bond donors (Lipinski definition) is 2. The highest BCUT2D eigenvalue weighted by Gasteiger charge is 2.00. The van der Waals surface area contributed by atoms with E-state index in [2.05, 4.69) is 22.4 Å². The number of pyridine rings is 1. The number of nitrogens with one attached hydrogen (secondary N) is 1. The highest BCUT2D eigenvalue weighted by atomic mass is 32.2. The van der Waals surface area contributed by atoms with Crippen LogP contribution in [-0.4, -0.2) is 11.2 Å². The van der Waals surface area contributed by atoms with Crippen LogP contribution in [0.25, 0.3) is 0 Å². The maximum atomic E-state index is 5.81. The van der Waals surface area contributed by atoms with Gasteiger partial charge in [-0.2, -0.15) is 0 Å². The first-order chi connectivity index (χ1) is 7.79. The van der Waals surface area contributed by atoms with Crippen LogP contribution in [0.1, 0.15) is 0 Å². The Morgan fingerprint density at radius 2 is 2.12 bits per heavy atom. The average molecular weight is 231 g/mol. The van der Waals surface area contributed by atoms with E-state index in [1.807, 2.05) is 30.5 Å². The lowest BCUT2D eigenvalue weighted by molar-refractivity contribution is 1.30. The number of thioether (sulfide) groups is 1. The number of nitrogen functional groups attached to an aromatic ring is 1. The normalized spacial score (nSPS) is 10.1. The molecule has 82 valence electrons. The summed E-state index contributed by atoms with van der Waals surface area (Å²) in [6.07, 6.45) is 3.77. The standard InChI is InChI=1S/C12H13N3S/c1-16-10-5-2-4-9(8-10)15-12-11(13)6-3-7-14-12/h2-8H,13H2,1H3,(H,14,15). The molecule has 4 heteroatoms. The van der Waals surface area contributed by atoms with Gasteiger partial charge in [-0.25, -0.2) is 4.98 Å². The van der Waals surface area contributed by atoms with Crippen molar-refractivity contribution >= 4 is 29.0 Å². The average Bonchev–Trinajstić information content (AvgIpc) is 2.32. The predicted octanol–water partition coefficient (Wildman–Crippen LogP) is 3.13. The lowest BCUT2D eigenvalue weighted by Gasteiger charge is -2.08. The number of nitrogens with zero attached hydrogens (tertiary/aromatic N) is 1. The van der Waals surface area contributed by atoms with Crippen molar-refractivity contribution in [3.8, 4) is 0 Å². The Morgan fingerprint density at radius 1 is 1.25 bits per heavy atom. The number of rotatable bonds is 3. The third kappa shape index (κ3) is 2.46. The number of hydrogen-bond acceptors (Lipinski definition) is 4. The van der Waals surface area contributed by atoms with E-state index < -0.39 is 0 Å². The van der Waals surface area contributed by atoms with E-state index in [1.54, 1.807) is 18.0 Å². The van der Waals surface area contributed by atoms with Crippen molar-refractivity contribution in [2.45, 2.75) is 4.90 Å². The van der Waals surface area contributed by atoms with Crippen molar-refractivity contribution in [3.63, 3.8) is 0 Å². The first-order valence-electron chi connectivity index (χ1n) is 4.91. The van der Waals surface area contributed by atoms with E-state index >= 15 is 0 Å². The fourth-order valence-corrected chi connectivity index (χ4v) is 1.82. The summed E-state index contributed by atoms with van der Waals surface area (Å²) >= 11 is 1.71. The van der Waals surface area contributed by atoms with Gasteiger partial charge in [0.15, 0.2) is 5.82 Å². The van der Waals surface area contributed by atoms with Gasteiger partial charge >= 0.3 is 0 Å². The molecule has 1 aromatic carbocycles. The van der Waals surface area contributed by atoms with Gasteiger partial charge in [0.05, 0.1) is 5.69 Å². The van der Waals surface area contributed by atoms with Gasteiger partial charge in [0.25, 0.3) is 0 Å². The zero-order chi connectivity index (χ0) is 11.4. The van der Waals surface area contributed by atoms with Gasteiger partial charge in [0.1, 0.15) is 0 Å². The number of aromatic nitrogens is 1. The summed E-state index contributed by atoms with van der Waals surface area (Å²) in [5.74, 6) is 0.695. The molecule has 0 atom stereocenters. The molecule has 16 heavy (non-hydrogen) atoms. The molecule has 0 amide bonds. The second-order valence-electron chi connectivity index (χ2n) is 3.30. The predicted molar refractivity (Wildman–Crippen MR) is 70.2 cm³/mol. The van der Waals surface area contributed by atoms with Crippen LogP contribution >= 0.6 is 11.8 Å². The van der Waals surface area contributed by atoms with Crippen molar-refractivity contribution in [2.24, 2.45) is 0 Å². The SMILES string of the molecule is CSc1cccc(Nc2ncccc2N)c1. The van der Waals surface area contributed by atoms with Gasteiger partial charge in [-0.05, 0) is 36.6 Å². The fourth-order valence-electron chi connectivity index (χ4n) is 1.36. The van der Waals surface area contributed by atoms with Crippen molar-refractivity contribution < 1.29 is 0 Å². The van der Waals surface area contributed by atoms with Crippen LogP contribution in [0.3, 0.4) is 0 Å². The molecule has 0 aliphatic carbocycles. The Balaban J connectivity index is 2.24. The van der Waals surface area contributed by atoms with Crippen LogP contribution in [0.4, 0.5) is 17.2 Å². The van der Waals surface area contributed by atoms with Gasteiger partial charge in [-0.15, -0.1) is 11.8 Å². The van der Waals surface area contributed by atoms with Gasteiger partial charge in [0.2, 0.25) is 0 Å². The molecule has 0 spiro atoms. The zero-order valence-electron chi connectivity index (χ0n) is 8.97. The van der Waals surface area contributed by atoms with E-state index in [-0.39, 0.29) is 0 Å². The van der Waals surface area contributed by atoms with Crippen LogP contribution in [-0.2, 0) is 0 Å². The van der Waals surface area contributed by atoms with Crippen LogP contribution in [0.2, 0.25) is 0 Å². The quantitative estimate of drug-likeness (QED) is 0.797. The number of anilines is 3. The van der Waals surface area contributed by atoms with E-state index in [0.717, 1.165) is 5.69 Å². The molecule has 0 radical (unpaired) electrons. The molecule has 2 aromatic rings. The minimum absolute atomic E-state index is 0.650. The molecule has 3 nitrogen and oxygen atoms in total. The van der Waals surface area contributed by atoms with Gasteiger partial charge in [-0.3, -0.25) is 0 Å². The molecule has 0 unspecified atom stereocenters. The highest BCUT2D eigenvalue weighted by Crippen LogP contribution is 2.23. The molecule has 0 saturated heterocycles. The summed E-state index contributed by atoms with van der Waals surface area (Å²) in [7, 11) is 0. The Morgan fingerprint density at radius 3 is 2.88 bits per heavy atom. The maximum absolute atomic E-state index is 5.81. The largest absolute Gasteiger partial charge is 0.396 e. The van der Waals surface area contributed by atoms with E-state index in [1.165, 1.54) is 4.90 Å². The van der Waals surface area contributed by atoms with Crippen molar-refractivity contribution in [1.82, 2.24) is 4.98 Å². The Bertz CT molecular complexity index is 485. The minimum atomic E-state index is 0.650. The summed E-state index contributed by atoms with van der Waals surface area (Å²) in [6.45, 7) is 0. The van der Waals surface area contributed by atoms with E-state index in [4.69, 9.17) is 5.73 Å². The summed E-state index contributed by atoms with van der Waals surface area (Å²) in [4.78, 5) is 5.39. The van der Waals surface area contributed by atoms with Crippen molar-refractivity contribution in [2.75, 3.05) is 17.3 Å². The van der Waals surface area contributed by atoms with Crippen LogP contribution in [0, 0.1) is 0 Å². The maximum Gasteiger partial charge on any atom is 0.153 e. The summed E-state index contributed by atoms with van der Waals surface area (Å²) in [5.41, 5.74) is 7.46. The molecule has 0 aliphatic heterocycles. The van der Waals surface area contributed by atoms with Gasteiger partial charge in [0, 0.05) is 16.8 Å².